The molecule has 3 heteroatoms. The molecule has 0 aromatic heterocycles. The van der Waals surface area contributed by atoms with Crippen LogP contribution in [0.25, 0.3) is 5.57 Å². The van der Waals surface area contributed by atoms with Gasteiger partial charge in [0.1, 0.15) is 11.5 Å². The first-order valence-corrected chi connectivity index (χ1v) is 8.49. The lowest BCUT2D eigenvalue weighted by Gasteiger charge is -2.30. The smallest absolute Gasteiger partial charge is 0.135 e. The summed E-state index contributed by atoms with van der Waals surface area (Å²) in [5.74, 6) is 1.93. The largest absolute Gasteiger partial charge is 0.456 e. The predicted octanol–water partition coefficient (Wildman–Crippen LogP) is 5.08. The van der Waals surface area contributed by atoms with E-state index in [4.69, 9.17) is 4.74 Å². The van der Waals surface area contributed by atoms with Gasteiger partial charge in [0, 0.05) is 28.7 Å². The molecule has 22 heavy (non-hydrogen) atoms. The zero-order valence-electron chi connectivity index (χ0n) is 12.6. The van der Waals surface area contributed by atoms with Gasteiger partial charge in [0.2, 0.25) is 0 Å². The number of hydrogen-bond donors (Lipinski definition) is 0. The molecule has 0 aliphatic carbocycles. The van der Waals surface area contributed by atoms with E-state index in [-0.39, 0.29) is 0 Å². The standard InChI is InChI=1S/C19H18BrNO/c1-21-10-8-13(9-11-21)19-15-4-2-3-5-17(15)22-18-7-6-14(20)12-16(18)19/h2-7,12H,8-11H2,1H3. The molecule has 0 saturated carbocycles. The number of nitrogens with zero attached hydrogens (tertiary/aromatic N) is 1. The molecule has 2 aromatic carbocycles. The Morgan fingerprint density at radius 3 is 2.50 bits per heavy atom. The normalized spacial score (nSPS) is 17.7. The zero-order chi connectivity index (χ0) is 15.1. The van der Waals surface area contributed by atoms with Gasteiger partial charge in [-0.15, -0.1) is 0 Å². The van der Waals surface area contributed by atoms with Crippen molar-refractivity contribution in [3.05, 3.63) is 63.6 Å². The van der Waals surface area contributed by atoms with Crippen LogP contribution in [0.1, 0.15) is 24.0 Å². The van der Waals surface area contributed by atoms with Crippen molar-refractivity contribution in [2.45, 2.75) is 12.8 Å². The van der Waals surface area contributed by atoms with E-state index in [1.807, 2.05) is 12.1 Å². The number of halogens is 1. The Hall–Kier alpha value is -1.58. The highest BCUT2D eigenvalue weighted by atomic mass is 79.9. The van der Waals surface area contributed by atoms with Crippen LogP contribution in [0.4, 0.5) is 0 Å². The van der Waals surface area contributed by atoms with Crippen LogP contribution in [0.5, 0.6) is 11.5 Å². The van der Waals surface area contributed by atoms with E-state index in [1.54, 1.807) is 5.57 Å². The third-order valence-corrected chi connectivity index (χ3v) is 5.02. The van der Waals surface area contributed by atoms with Gasteiger partial charge in [0.15, 0.2) is 0 Å². The molecule has 2 aliphatic heterocycles. The Morgan fingerprint density at radius 2 is 1.68 bits per heavy atom. The minimum Gasteiger partial charge on any atom is -0.456 e. The molecule has 2 nitrogen and oxygen atoms in total. The van der Waals surface area contributed by atoms with Crippen molar-refractivity contribution in [3.8, 4) is 11.5 Å². The lowest BCUT2D eigenvalue weighted by atomic mass is 9.86. The van der Waals surface area contributed by atoms with E-state index < -0.39 is 0 Å². The van der Waals surface area contributed by atoms with Crippen LogP contribution in [0.15, 0.2) is 52.5 Å². The van der Waals surface area contributed by atoms with Crippen molar-refractivity contribution < 1.29 is 4.74 Å². The van der Waals surface area contributed by atoms with E-state index in [1.165, 1.54) is 16.7 Å². The first-order valence-electron chi connectivity index (χ1n) is 7.70. The Balaban J connectivity index is 1.93. The molecule has 2 aromatic rings. The van der Waals surface area contributed by atoms with E-state index in [0.29, 0.717) is 0 Å². The Bertz CT molecular complexity index is 756. The van der Waals surface area contributed by atoms with E-state index in [2.05, 4.69) is 58.2 Å². The van der Waals surface area contributed by atoms with Crippen LogP contribution in [0, 0.1) is 0 Å². The van der Waals surface area contributed by atoms with E-state index in [9.17, 15) is 0 Å². The van der Waals surface area contributed by atoms with Crippen LogP contribution in [-0.2, 0) is 0 Å². The average molecular weight is 356 g/mol. The summed E-state index contributed by atoms with van der Waals surface area (Å²) in [6.45, 7) is 2.26. The quantitative estimate of drug-likeness (QED) is 0.557. The number of hydrogen-bond acceptors (Lipinski definition) is 2. The molecule has 1 fully saturated rings. The van der Waals surface area contributed by atoms with Crippen molar-refractivity contribution in [1.82, 2.24) is 4.90 Å². The van der Waals surface area contributed by atoms with Gasteiger partial charge in [0.05, 0.1) is 0 Å². The highest BCUT2D eigenvalue weighted by Crippen LogP contribution is 2.46. The Labute approximate surface area is 139 Å². The summed E-state index contributed by atoms with van der Waals surface area (Å²) in [6, 6.07) is 14.7. The van der Waals surface area contributed by atoms with E-state index in [0.717, 1.165) is 41.9 Å². The summed E-state index contributed by atoms with van der Waals surface area (Å²) in [6.07, 6.45) is 2.26. The Morgan fingerprint density at radius 1 is 0.955 bits per heavy atom. The van der Waals surface area contributed by atoms with Gasteiger partial charge in [-0.1, -0.05) is 39.7 Å². The second kappa shape index (κ2) is 5.56. The monoisotopic (exact) mass is 355 g/mol. The van der Waals surface area contributed by atoms with Crippen molar-refractivity contribution in [2.24, 2.45) is 0 Å². The number of rotatable bonds is 0. The third kappa shape index (κ3) is 2.38. The first kappa shape index (κ1) is 14.0. The van der Waals surface area contributed by atoms with Gasteiger partial charge in [-0.3, -0.25) is 0 Å². The maximum atomic E-state index is 6.11. The van der Waals surface area contributed by atoms with Crippen molar-refractivity contribution in [1.29, 1.82) is 0 Å². The number of fused-ring (bicyclic) bond motifs is 2. The molecular formula is C19H18BrNO. The average Bonchev–Trinajstić information content (AvgIpc) is 2.54. The highest BCUT2D eigenvalue weighted by molar-refractivity contribution is 9.10. The van der Waals surface area contributed by atoms with Gasteiger partial charge in [0.25, 0.3) is 0 Å². The molecule has 0 unspecified atom stereocenters. The summed E-state index contributed by atoms with van der Waals surface area (Å²) in [5, 5.41) is 0. The number of likely N-dealkylation sites (tertiary alicyclic amines) is 1. The molecule has 112 valence electrons. The molecular weight excluding hydrogens is 338 g/mol. The molecule has 4 rings (SSSR count). The van der Waals surface area contributed by atoms with E-state index >= 15 is 0 Å². The fraction of sp³-hybridized carbons (Fsp3) is 0.263. The fourth-order valence-electron chi connectivity index (χ4n) is 3.33. The molecule has 0 amide bonds. The molecule has 0 radical (unpaired) electrons. The molecule has 0 N–H and O–H groups in total. The summed E-state index contributed by atoms with van der Waals surface area (Å²) in [4.78, 5) is 2.40. The fourth-order valence-corrected chi connectivity index (χ4v) is 3.69. The SMILES string of the molecule is CN1CCC(=C2c3ccccc3Oc3ccc(Br)cc32)CC1. The molecule has 2 heterocycles. The summed E-state index contributed by atoms with van der Waals surface area (Å²) in [5.41, 5.74) is 5.37. The Kier molecular flexibility index (Phi) is 3.55. The lowest BCUT2D eigenvalue weighted by molar-refractivity contribution is 0.313. The number of ether oxygens (including phenoxy) is 1. The van der Waals surface area contributed by atoms with Crippen LogP contribution in [-0.4, -0.2) is 25.0 Å². The highest BCUT2D eigenvalue weighted by Gasteiger charge is 2.25. The first-order chi connectivity index (χ1) is 10.7. The number of para-hydroxylation sites is 1. The summed E-state index contributed by atoms with van der Waals surface area (Å²) >= 11 is 3.61. The maximum Gasteiger partial charge on any atom is 0.135 e. The minimum atomic E-state index is 0.961. The summed E-state index contributed by atoms with van der Waals surface area (Å²) in [7, 11) is 2.20. The van der Waals surface area contributed by atoms with Gasteiger partial charge >= 0.3 is 0 Å². The van der Waals surface area contributed by atoms with Crippen LogP contribution >= 0.6 is 15.9 Å². The minimum absolute atomic E-state index is 0.961. The molecule has 1 saturated heterocycles. The summed E-state index contributed by atoms with van der Waals surface area (Å²) < 4.78 is 7.21. The number of piperidine rings is 1. The predicted molar refractivity (Wildman–Crippen MR) is 93.4 cm³/mol. The van der Waals surface area contributed by atoms with Gasteiger partial charge < -0.3 is 9.64 Å². The second-order valence-corrected chi connectivity index (χ2v) is 6.94. The second-order valence-electron chi connectivity index (χ2n) is 6.02. The van der Waals surface area contributed by atoms with Crippen LogP contribution in [0.3, 0.4) is 0 Å². The molecule has 0 atom stereocenters. The maximum absolute atomic E-state index is 6.11. The van der Waals surface area contributed by atoms with Crippen LogP contribution in [0.2, 0.25) is 0 Å². The van der Waals surface area contributed by atoms with Gasteiger partial charge in [-0.25, -0.2) is 0 Å². The molecule has 0 spiro atoms. The number of benzene rings is 2. The van der Waals surface area contributed by atoms with Crippen molar-refractivity contribution >= 4 is 21.5 Å². The topological polar surface area (TPSA) is 12.5 Å². The van der Waals surface area contributed by atoms with Gasteiger partial charge in [-0.05, 0) is 49.7 Å². The van der Waals surface area contributed by atoms with Crippen LogP contribution < -0.4 is 4.74 Å². The van der Waals surface area contributed by atoms with Crippen molar-refractivity contribution in [2.75, 3.05) is 20.1 Å². The molecule has 0 bridgehead atoms. The third-order valence-electron chi connectivity index (χ3n) is 4.53. The molecule has 2 aliphatic rings. The zero-order valence-corrected chi connectivity index (χ0v) is 14.2. The van der Waals surface area contributed by atoms with Crippen molar-refractivity contribution in [3.63, 3.8) is 0 Å². The lowest BCUT2D eigenvalue weighted by Crippen LogP contribution is -2.27. The van der Waals surface area contributed by atoms with Gasteiger partial charge in [-0.2, -0.15) is 0 Å².